The van der Waals surface area contributed by atoms with Gasteiger partial charge in [-0.15, -0.1) is 0 Å². The number of phenolic OH excluding ortho intramolecular Hbond substituents is 1. The molecule has 0 aliphatic carbocycles. The minimum atomic E-state index is -0.435. The molecule has 0 saturated carbocycles. The average Bonchev–Trinajstić information content (AvgIpc) is 2.78. The third kappa shape index (κ3) is 5.51. The van der Waals surface area contributed by atoms with Crippen molar-refractivity contribution in [1.82, 2.24) is 0 Å². The van der Waals surface area contributed by atoms with Gasteiger partial charge < -0.3 is 15.2 Å². The quantitative estimate of drug-likeness (QED) is 0.280. The molecule has 0 amide bonds. The third-order valence-corrected chi connectivity index (χ3v) is 4.94. The monoisotopic (exact) mass is 401 g/mol. The number of aromatic hydroxyl groups is 1. The smallest absolute Gasteiger partial charge is 0.311 e. The fraction of sp³-hybridized carbons (Fsp3) is 0.192. The lowest BCUT2D eigenvalue weighted by Gasteiger charge is -2.26. The Bertz CT molecular complexity index is 981. The number of nitrogens with one attached hydrogen (secondary N) is 1. The molecule has 0 heterocycles. The van der Waals surface area contributed by atoms with Crippen LogP contribution < -0.4 is 5.32 Å². The first-order valence-electron chi connectivity index (χ1n) is 10.1. The van der Waals surface area contributed by atoms with Gasteiger partial charge in [0, 0.05) is 0 Å². The van der Waals surface area contributed by atoms with E-state index in [1.165, 1.54) is 0 Å². The Morgan fingerprint density at radius 3 is 2.17 bits per heavy atom. The van der Waals surface area contributed by atoms with Crippen LogP contribution in [-0.2, 0) is 9.53 Å². The molecule has 0 bridgehead atoms. The maximum absolute atomic E-state index is 12.4. The normalized spacial score (nSPS) is 13.0. The number of hydrogen-bond donors (Lipinski definition) is 2. The molecule has 3 aromatic rings. The number of benzene rings is 3. The summed E-state index contributed by atoms with van der Waals surface area (Å²) < 4.78 is 5.23. The second-order valence-electron chi connectivity index (χ2n) is 7.09. The first-order chi connectivity index (χ1) is 14.6. The summed E-state index contributed by atoms with van der Waals surface area (Å²) in [5.41, 5.74) is 3.71. The van der Waals surface area contributed by atoms with Crippen LogP contribution in [0.25, 0.3) is 12.2 Å². The Morgan fingerprint density at radius 1 is 0.933 bits per heavy atom. The Hall–Kier alpha value is -3.53. The van der Waals surface area contributed by atoms with E-state index in [2.05, 4.69) is 29.6 Å². The van der Waals surface area contributed by atoms with Gasteiger partial charge in [-0.05, 0) is 42.7 Å². The van der Waals surface area contributed by atoms with Crippen molar-refractivity contribution in [1.29, 1.82) is 0 Å². The summed E-state index contributed by atoms with van der Waals surface area (Å²) in [6, 6.07) is 24.8. The third-order valence-electron chi connectivity index (χ3n) is 4.94. The molecule has 154 valence electrons. The lowest BCUT2D eigenvalue weighted by molar-refractivity contribution is -0.147. The number of rotatable bonds is 8. The minimum Gasteiger partial charge on any atom is -0.506 e. The highest BCUT2D eigenvalue weighted by Crippen LogP contribution is 2.32. The lowest BCUT2D eigenvalue weighted by atomic mass is 9.93. The van der Waals surface area contributed by atoms with E-state index in [1.54, 1.807) is 25.1 Å². The van der Waals surface area contributed by atoms with Gasteiger partial charge in [-0.2, -0.15) is 0 Å². The fourth-order valence-electron chi connectivity index (χ4n) is 3.24. The van der Waals surface area contributed by atoms with Gasteiger partial charge in [0.2, 0.25) is 0 Å². The van der Waals surface area contributed by atoms with Crippen molar-refractivity contribution in [2.24, 2.45) is 5.92 Å². The van der Waals surface area contributed by atoms with Crippen LogP contribution in [0.2, 0.25) is 0 Å². The van der Waals surface area contributed by atoms with Crippen molar-refractivity contribution >= 4 is 23.8 Å². The zero-order valence-corrected chi connectivity index (χ0v) is 17.3. The molecule has 4 nitrogen and oxygen atoms in total. The van der Waals surface area contributed by atoms with Crippen LogP contribution >= 0.6 is 0 Å². The molecule has 0 spiro atoms. The molecule has 30 heavy (non-hydrogen) atoms. The van der Waals surface area contributed by atoms with Crippen molar-refractivity contribution in [2.75, 3.05) is 11.9 Å². The number of carbonyl (C=O) groups is 1. The van der Waals surface area contributed by atoms with Crippen molar-refractivity contribution < 1.29 is 14.6 Å². The van der Waals surface area contributed by atoms with Crippen LogP contribution in [0.3, 0.4) is 0 Å². The summed E-state index contributed by atoms with van der Waals surface area (Å²) in [5.74, 6) is -0.574. The number of carbonyl (C=O) groups excluding carboxylic acids is 1. The molecular weight excluding hydrogens is 374 g/mol. The summed E-state index contributed by atoms with van der Waals surface area (Å²) >= 11 is 0. The SMILES string of the molecule is CCOC(=O)[C@@H](C)C(Nc1ccccc1O)c1ccc(/C=C/c2ccccc2)cc1. The molecule has 2 N–H and O–H groups in total. The minimum absolute atomic E-state index is 0.140. The highest BCUT2D eigenvalue weighted by molar-refractivity contribution is 5.75. The molecule has 4 heteroatoms. The summed E-state index contributed by atoms with van der Waals surface area (Å²) in [6.45, 7) is 3.96. The second kappa shape index (κ2) is 10.3. The lowest BCUT2D eigenvalue weighted by Crippen LogP contribution is -2.27. The van der Waals surface area contributed by atoms with Gasteiger partial charge in [-0.25, -0.2) is 0 Å². The number of para-hydroxylation sites is 2. The van der Waals surface area contributed by atoms with Crippen LogP contribution in [0.4, 0.5) is 5.69 Å². The molecular formula is C26H27NO3. The van der Waals surface area contributed by atoms with Crippen LogP contribution in [0, 0.1) is 5.92 Å². The first kappa shape index (κ1) is 21.2. The van der Waals surface area contributed by atoms with Crippen LogP contribution in [0.5, 0.6) is 5.75 Å². The Balaban J connectivity index is 1.84. The molecule has 0 fully saturated rings. The zero-order chi connectivity index (χ0) is 21.3. The molecule has 0 aliphatic rings. The maximum Gasteiger partial charge on any atom is 0.311 e. The molecule has 0 aromatic heterocycles. The number of anilines is 1. The van der Waals surface area contributed by atoms with E-state index in [-0.39, 0.29) is 17.8 Å². The van der Waals surface area contributed by atoms with Crippen molar-refractivity contribution in [3.05, 3.63) is 95.6 Å². The van der Waals surface area contributed by atoms with Gasteiger partial charge in [0.05, 0.1) is 24.3 Å². The van der Waals surface area contributed by atoms with E-state index in [0.717, 1.165) is 16.7 Å². The van der Waals surface area contributed by atoms with Crippen LogP contribution in [-0.4, -0.2) is 17.7 Å². The van der Waals surface area contributed by atoms with Gasteiger partial charge in [0.15, 0.2) is 0 Å². The largest absolute Gasteiger partial charge is 0.506 e. The predicted octanol–water partition coefficient (Wildman–Crippen LogP) is 5.92. The molecule has 2 atom stereocenters. The maximum atomic E-state index is 12.4. The van der Waals surface area contributed by atoms with E-state index in [4.69, 9.17) is 4.74 Å². The topological polar surface area (TPSA) is 58.6 Å². The standard InChI is InChI=1S/C26H27NO3/c1-3-30-26(29)19(2)25(27-23-11-7-8-12-24(23)28)22-17-15-21(16-18-22)14-13-20-9-5-4-6-10-20/h4-19,25,27-28H,3H2,1-2H3/b14-13+/t19-,25?/m0/s1. The van der Waals surface area contributed by atoms with Crippen molar-refractivity contribution in [3.63, 3.8) is 0 Å². The van der Waals surface area contributed by atoms with Gasteiger partial charge >= 0.3 is 5.97 Å². The summed E-state index contributed by atoms with van der Waals surface area (Å²) in [4.78, 5) is 12.4. The van der Waals surface area contributed by atoms with Gasteiger partial charge in [-0.1, -0.05) is 78.9 Å². The summed E-state index contributed by atoms with van der Waals surface area (Å²) in [6.07, 6.45) is 4.12. The van der Waals surface area contributed by atoms with Crippen LogP contribution in [0.1, 0.15) is 36.6 Å². The van der Waals surface area contributed by atoms with Gasteiger partial charge in [0.25, 0.3) is 0 Å². The Morgan fingerprint density at radius 2 is 1.53 bits per heavy atom. The summed E-state index contributed by atoms with van der Waals surface area (Å²) in [7, 11) is 0. The molecule has 0 saturated heterocycles. The molecule has 3 aromatic carbocycles. The van der Waals surface area contributed by atoms with Crippen molar-refractivity contribution in [2.45, 2.75) is 19.9 Å². The predicted molar refractivity (Wildman–Crippen MR) is 122 cm³/mol. The molecule has 0 radical (unpaired) electrons. The van der Waals surface area contributed by atoms with E-state index < -0.39 is 5.92 Å². The Labute approximate surface area is 177 Å². The average molecular weight is 402 g/mol. The number of phenols is 1. The van der Waals surface area contributed by atoms with Gasteiger partial charge in [0.1, 0.15) is 5.75 Å². The fourth-order valence-corrected chi connectivity index (χ4v) is 3.24. The molecule has 0 aliphatic heterocycles. The van der Waals surface area contributed by atoms with E-state index in [9.17, 15) is 9.90 Å². The highest BCUT2D eigenvalue weighted by Gasteiger charge is 2.27. The number of hydrogen-bond acceptors (Lipinski definition) is 4. The van der Waals surface area contributed by atoms with Crippen LogP contribution in [0.15, 0.2) is 78.9 Å². The number of ether oxygens (including phenoxy) is 1. The zero-order valence-electron chi connectivity index (χ0n) is 17.3. The number of esters is 1. The van der Waals surface area contributed by atoms with Gasteiger partial charge in [-0.3, -0.25) is 4.79 Å². The van der Waals surface area contributed by atoms with E-state index in [1.807, 2.05) is 55.5 Å². The first-order valence-corrected chi connectivity index (χ1v) is 10.1. The summed E-state index contributed by atoms with van der Waals surface area (Å²) in [5, 5.41) is 13.5. The highest BCUT2D eigenvalue weighted by atomic mass is 16.5. The van der Waals surface area contributed by atoms with E-state index >= 15 is 0 Å². The van der Waals surface area contributed by atoms with E-state index in [0.29, 0.717) is 12.3 Å². The molecule has 1 unspecified atom stereocenters. The molecule has 3 rings (SSSR count). The second-order valence-corrected chi connectivity index (χ2v) is 7.09. The van der Waals surface area contributed by atoms with Crippen molar-refractivity contribution in [3.8, 4) is 5.75 Å². The Kier molecular flexibility index (Phi) is 7.28.